The molecule has 6 heteroatoms. The van der Waals surface area contributed by atoms with Gasteiger partial charge in [-0.3, -0.25) is 4.99 Å². The number of hydrogen-bond donors (Lipinski definition) is 1. The molecule has 112 valence electrons. The van der Waals surface area contributed by atoms with Crippen LogP contribution in [0.3, 0.4) is 0 Å². The zero-order valence-electron chi connectivity index (χ0n) is 12.6. The Kier molecular flexibility index (Phi) is 5.79. The molecule has 0 atom stereocenters. The largest absolute Gasteiger partial charge is 0.381 e. The molecule has 0 amide bonds. The Balaban J connectivity index is 1.81. The lowest BCUT2D eigenvalue weighted by atomic mass is 10.0. The molecule has 5 nitrogen and oxygen atoms in total. The number of aryl methyl sites for hydroxylation is 1. The maximum Gasteiger partial charge on any atom is 0.193 e. The van der Waals surface area contributed by atoms with Crippen molar-refractivity contribution < 1.29 is 4.74 Å². The molecular formula is C14H24N4OS. The molecule has 1 saturated heterocycles. The minimum absolute atomic E-state index is 0.690. The zero-order chi connectivity index (χ0) is 14.4. The van der Waals surface area contributed by atoms with E-state index in [9.17, 15) is 0 Å². The predicted octanol–water partition coefficient (Wildman–Crippen LogP) is 1.89. The van der Waals surface area contributed by atoms with E-state index in [2.05, 4.69) is 25.6 Å². The molecule has 1 fully saturated rings. The van der Waals surface area contributed by atoms with Gasteiger partial charge >= 0.3 is 0 Å². The van der Waals surface area contributed by atoms with E-state index >= 15 is 0 Å². The van der Waals surface area contributed by atoms with Gasteiger partial charge in [0.25, 0.3) is 0 Å². The van der Waals surface area contributed by atoms with Crippen molar-refractivity contribution in [3.8, 4) is 0 Å². The van der Waals surface area contributed by atoms with Crippen LogP contribution in [-0.4, -0.2) is 49.7 Å². The van der Waals surface area contributed by atoms with Crippen LogP contribution in [0.2, 0.25) is 0 Å². The molecule has 0 bridgehead atoms. The molecule has 0 spiro atoms. The van der Waals surface area contributed by atoms with Crippen molar-refractivity contribution >= 4 is 17.3 Å². The van der Waals surface area contributed by atoms with Crippen LogP contribution in [0.15, 0.2) is 10.4 Å². The van der Waals surface area contributed by atoms with Gasteiger partial charge in [-0.25, -0.2) is 4.98 Å². The topological polar surface area (TPSA) is 49.8 Å². The Morgan fingerprint density at radius 2 is 2.30 bits per heavy atom. The highest BCUT2D eigenvalue weighted by atomic mass is 32.1. The summed E-state index contributed by atoms with van der Waals surface area (Å²) in [7, 11) is 3.88. The van der Waals surface area contributed by atoms with Crippen LogP contribution in [0.4, 0.5) is 0 Å². The number of hydrogen-bond acceptors (Lipinski definition) is 4. The number of guanidine groups is 1. The summed E-state index contributed by atoms with van der Waals surface area (Å²) in [5.41, 5.74) is 1.10. The van der Waals surface area contributed by atoms with Crippen LogP contribution in [0.25, 0.3) is 0 Å². The second kappa shape index (κ2) is 7.59. The molecule has 0 saturated carbocycles. The van der Waals surface area contributed by atoms with Crippen molar-refractivity contribution in [3.05, 3.63) is 16.1 Å². The maximum atomic E-state index is 5.39. The molecule has 2 heterocycles. The van der Waals surface area contributed by atoms with Crippen LogP contribution in [0.1, 0.15) is 23.5 Å². The second-order valence-electron chi connectivity index (χ2n) is 5.20. The third kappa shape index (κ3) is 4.45. The van der Waals surface area contributed by atoms with Crippen molar-refractivity contribution in [2.45, 2.75) is 26.3 Å². The van der Waals surface area contributed by atoms with Crippen LogP contribution in [-0.2, 0) is 11.3 Å². The van der Waals surface area contributed by atoms with E-state index in [0.717, 1.165) is 55.8 Å². The third-order valence-corrected chi connectivity index (χ3v) is 4.35. The Labute approximate surface area is 125 Å². The monoisotopic (exact) mass is 296 g/mol. The van der Waals surface area contributed by atoms with Crippen molar-refractivity contribution in [1.82, 2.24) is 15.2 Å². The van der Waals surface area contributed by atoms with Crippen LogP contribution < -0.4 is 5.32 Å². The van der Waals surface area contributed by atoms with Gasteiger partial charge in [-0.15, -0.1) is 11.3 Å². The SMILES string of the molecule is CN=C(NCC1CCOCC1)N(C)Cc1csc(C)n1. The van der Waals surface area contributed by atoms with Gasteiger partial charge in [0, 0.05) is 39.2 Å². The lowest BCUT2D eigenvalue weighted by Gasteiger charge is -2.26. The molecule has 0 aliphatic carbocycles. The smallest absolute Gasteiger partial charge is 0.193 e. The van der Waals surface area contributed by atoms with E-state index in [1.807, 2.05) is 21.0 Å². The van der Waals surface area contributed by atoms with Gasteiger partial charge < -0.3 is 15.0 Å². The highest BCUT2D eigenvalue weighted by Gasteiger charge is 2.15. The number of thiazole rings is 1. The van der Waals surface area contributed by atoms with Gasteiger partial charge in [0.1, 0.15) is 0 Å². The molecular weight excluding hydrogens is 272 g/mol. The summed E-state index contributed by atoms with van der Waals surface area (Å²) >= 11 is 1.69. The zero-order valence-corrected chi connectivity index (χ0v) is 13.4. The Bertz CT molecular complexity index is 440. The minimum atomic E-state index is 0.690. The third-order valence-electron chi connectivity index (χ3n) is 3.53. The molecule has 1 aliphatic heterocycles. The number of rotatable bonds is 4. The molecule has 1 aromatic rings. The molecule has 1 N–H and O–H groups in total. The molecule has 2 rings (SSSR count). The molecule has 20 heavy (non-hydrogen) atoms. The number of aliphatic imine (C=N–C) groups is 1. The normalized spacial score (nSPS) is 17.2. The van der Waals surface area contributed by atoms with Gasteiger partial charge in [0.05, 0.1) is 17.2 Å². The van der Waals surface area contributed by atoms with E-state index in [-0.39, 0.29) is 0 Å². The van der Waals surface area contributed by atoms with Gasteiger partial charge in [-0.05, 0) is 25.7 Å². The first kappa shape index (κ1) is 15.3. The van der Waals surface area contributed by atoms with Crippen molar-refractivity contribution in [2.24, 2.45) is 10.9 Å². The lowest BCUT2D eigenvalue weighted by Crippen LogP contribution is -2.41. The number of nitrogens with one attached hydrogen (secondary N) is 1. The van der Waals surface area contributed by atoms with Gasteiger partial charge in [0.2, 0.25) is 0 Å². The van der Waals surface area contributed by atoms with Gasteiger partial charge in [0.15, 0.2) is 5.96 Å². The van der Waals surface area contributed by atoms with E-state index in [4.69, 9.17) is 4.74 Å². The molecule has 0 radical (unpaired) electrons. The Morgan fingerprint density at radius 3 is 2.90 bits per heavy atom. The first-order valence-electron chi connectivity index (χ1n) is 7.09. The maximum absolute atomic E-state index is 5.39. The first-order valence-corrected chi connectivity index (χ1v) is 7.97. The fourth-order valence-corrected chi connectivity index (χ4v) is 2.97. The highest BCUT2D eigenvalue weighted by Crippen LogP contribution is 2.13. The molecule has 0 aromatic carbocycles. The molecule has 1 aliphatic rings. The molecule has 0 unspecified atom stereocenters. The van der Waals surface area contributed by atoms with Crippen LogP contribution >= 0.6 is 11.3 Å². The summed E-state index contributed by atoms with van der Waals surface area (Å²) in [5, 5.41) is 6.68. The minimum Gasteiger partial charge on any atom is -0.381 e. The summed E-state index contributed by atoms with van der Waals surface area (Å²) in [4.78, 5) is 11.0. The average Bonchev–Trinajstić information content (AvgIpc) is 2.86. The van der Waals surface area contributed by atoms with E-state index in [1.165, 1.54) is 0 Å². The van der Waals surface area contributed by atoms with Gasteiger partial charge in [-0.2, -0.15) is 0 Å². The van der Waals surface area contributed by atoms with E-state index in [1.54, 1.807) is 11.3 Å². The first-order chi connectivity index (χ1) is 9.69. The summed E-state index contributed by atoms with van der Waals surface area (Å²) in [5.74, 6) is 1.62. The number of aromatic nitrogens is 1. The van der Waals surface area contributed by atoms with Crippen LogP contribution in [0, 0.1) is 12.8 Å². The standard InChI is InChI=1S/C14H24N4OS/c1-11-17-13(10-20-11)9-18(3)14(15-2)16-8-12-4-6-19-7-5-12/h10,12H,4-9H2,1-3H3,(H,15,16). The van der Waals surface area contributed by atoms with Gasteiger partial charge in [-0.1, -0.05) is 0 Å². The predicted molar refractivity (Wildman–Crippen MR) is 83.2 cm³/mol. The van der Waals surface area contributed by atoms with E-state index in [0.29, 0.717) is 5.92 Å². The van der Waals surface area contributed by atoms with Crippen LogP contribution in [0.5, 0.6) is 0 Å². The summed E-state index contributed by atoms with van der Waals surface area (Å²) in [6.45, 7) is 5.57. The quantitative estimate of drug-likeness (QED) is 0.681. The fraction of sp³-hybridized carbons (Fsp3) is 0.714. The second-order valence-corrected chi connectivity index (χ2v) is 6.26. The summed E-state index contributed by atoms with van der Waals surface area (Å²) in [6, 6.07) is 0. The Morgan fingerprint density at radius 1 is 1.55 bits per heavy atom. The van der Waals surface area contributed by atoms with Crippen molar-refractivity contribution in [3.63, 3.8) is 0 Å². The lowest BCUT2D eigenvalue weighted by molar-refractivity contribution is 0.0674. The Hall–Kier alpha value is -1.14. The summed E-state index contributed by atoms with van der Waals surface area (Å²) in [6.07, 6.45) is 2.28. The number of nitrogens with zero attached hydrogens (tertiary/aromatic N) is 3. The average molecular weight is 296 g/mol. The van der Waals surface area contributed by atoms with Crippen molar-refractivity contribution in [1.29, 1.82) is 0 Å². The summed E-state index contributed by atoms with van der Waals surface area (Å²) < 4.78 is 5.39. The fourth-order valence-electron chi connectivity index (χ4n) is 2.37. The van der Waals surface area contributed by atoms with E-state index < -0.39 is 0 Å². The number of ether oxygens (including phenoxy) is 1. The van der Waals surface area contributed by atoms with Crippen molar-refractivity contribution in [2.75, 3.05) is 33.9 Å². The molecule has 1 aromatic heterocycles. The highest BCUT2D eigenvalue weighted by molar-refractivity contribution is 7.09.